The van der Waals surface area contributed by atoms with Crippen LogP contribution in [0.4, 0.5) is 0 Å². The molecule has 0 spiro atoms. The number of ether oxygens (including phenoxy) is 1. The Kier molecular flexibility index (Phi) is 5.26. The number of amides is 1. The molecule has 1 heterocycles. The summed E-state index contributed by atoms with van der Waals surface area (Å²) < 4.78 is 5.76. The summed E-state index contributed by atoms with van der Waals surface area (Å²) in [6, 6.07) is 13.4. The van der Waals surface area contributed by atoms with Gasteiger partial charge >= 0.3 is 5.97 Å². The number of hydrogen-bond acceptors (Lipinski definition) is 3. The lowest BCUT2D eigenvalue weighted by molar-refractivity contribution is -0.141. The Labute approximate surface area is 153 Å². The Hall–Kier alpha value is -2.82. The monoisotopic (exact) mass is 353 g/mol. The molecule has 0 aliphatic carbocycles. The molecule has 0 radical (unpaired) electrons. The number of aryl methyl sites for hydroxylation is 2. The molecule has 0 aromatic heterocycles. The molecular weight excluding hydrogens is 330 g/mol. The van der Waals surface area contributed by atoms with Gasteiger partial charge in [-0.15, -0.1) is 0 Å². The van der Waals surface area contributed by atoms with Gasteiger partial charge in [0.1, 0.15) is 5.75 Å². The van der Waals surface area contributed by atoms with Gasteiger partial charge in [-0.1, -0.05) is 36.4 Å². The maximum atomic E-state index is 12.6. The molecule has 2 aromatic carbocycles. The van der Waals surface area contributed by atoms with Crippen LogP contribution >= 0.6 is 0 Å². The number of aliphatic carboxylic acids is 1. The Balaban J connectivity index is 1.63. The fourth-order valence-corrected chi connectivity index (χ4v) is 3.28. The number of nitrogens with zero attached hydrogens (tertiary/aromatic N) is 1. The van der Waals surface area contributed by atoms with Gasteiger partial charge in [-0.25, -0.2) is 0 Å². The van der Waals surface area contributed by atoms with Crippen molar-refractivity contribution in [2.75, 3.05) is 13.2 Å². The third kappa shape index (κ3) is 3.87. The van der Waals surface area contributed by atoms with Gasteiger partial charge in [0.2, 0.25) is 5.91 Å². The van der Waals surface area contributed by atoms with E-state index < -0.39 is 11.9 Å². The van der Waals surface area contributed by atoms with Crippen LogP contribution in [0.3, 0.4) is 0 Å². The van der Waals surface area contributed by atoms with Gasteiger partial charge in [-0.2, -0.15) is 0 Å². The fourth-order valence-electron chi connectivity index (χ4n) is 3.28. The number of carboxylic acids is 1. The maximum Gasteiger partial charge on any atom is 0.312 e. The Morgan fingerprint density at radius 3 is 2.73 bits per heavy atom. The van der Waals surface area contributed by atoms with E-state index in [4.69, 9.17) is 4.74 Å². The Morgan fingerprint density at radius 1 is 1.19 bits per heavy atom. The van der Waals surface area contributed by atoms with Crippen LogP contribution in [0.15, 0.2) is 42.5 Å². The van der Waals surface area contributed by atoms with Crippen LogP contribution in [0.2, 0.25) is 0 Å². The molecule has 1 amide bonds. The molecule has 1 unspecified atom stereocenters. The average molecular weight is 353 g/mol. The summed E-state index contributed by atoms with van der Waals surface area (Å²) in [5, 5.41) is 9.50. The van der Waals surface area contributed by atoms with E-state index in [-0.39, 0.29) is 25.5 Å². The van der Waals surface area contributed by atoms with E-state index in [1.54, 1.807) is 4.90 Å². The molecule has 1 N–H and O–H groups in total. The highest BCUT2D eigenvalue weighted by Crippen LogP contribution is 2.29. The minimum absolute atomic E-state index is 0.0870. The van der Waals surface area contributed by atoms with Gasteiger partial charge < -0.3 is 14.7 Å². The van der Waals surface area contributed by atoms with Crippen molar-refractivity contribution in [2.24, 2.45) is 0 Å². The van der Waals surface area contributed by atoms with Crippen LogP contribution in [0, 0.1) is 13.8 Å². The Morgan fingerprint density at radius 2 is 1.96 bits per heavy atom. The zero-order valence-electron chi connectivity index (χ0n) is 15.1. The van der Waals surface area contributed by atoms with Gasteiger partial charge in [0.05, 0.1) is 18.9 Å². The third-order valence-electron chi connectivity index (χ3n) is 4.76. The van der Waals surface area contributed by atoms with Crippen LogP contribution in [-0.4, -0.2) is 35.0 Å². The largest absolute Gasteiger partial charge is 0.493 e. The standard InChI is InChI=1S/C21H23NO4/c1-14-7-8-15(2)19(11-14)26-10-9-20(23)22-12-16-5-3-4-6-17(16)18(13-22)21(24)25/h3-8,11,18H,9-10,12-13H2,1-2H3,(H,24,25). The highest BCUT2D eigenvalue weighted by molar-refractivity contribution is 5.81. The number of benzene rings is 2. The number of carboxylic acid groups (broad SMARTS) is 1. The van der Waals surface area contributed by atoms with Crippen molar-refractivity contribution in [1.29, 1.82) is 0 Å². The molecule has 5 heteroatoms. The molecule has 0 bridgehead atoms. The van der Waals surface area contributed by atoms with Crippen molar-refractivity contribution < 1.29 is 19.4 Å². The van der Waals surface area contributed by atoms with Crippen molar-refractivity contribution >= 4 is 11.9 Å². The summed E-state index contributed by atoms with van der Waals surface area (Å²) in [6.45, 7) is 4.89. The van der Waals surface area contributed by atoms with E-state index >= 15 is 0 Å². The number of carbonyl (C=O) groups excluding carboxylic acids is 1. The van der Waals surface area contributed by atoms with Crippen molar-refractivity contribution in [2.45, 2.75) is 32.7 Å². The molecule has 0 saturated carbocycles. The van der Waals surface area contributed by atoms with Gasteiger partial charge in [0.25, 0.3) is 0 Å². The molecule has 1 aliphatic rings. The molecule has 0 fully saturated rings. The van der Waals surface area contributed by atoms with Crippen molar-refractivity contribution in [3.63, 3.8) is 0 Å². The topological polar surface area (TPSA) is 66.8 Å². The number of carbonyl (C=O) groups is 2. The zero-order valence-corrected chi connectivity index (χ0v) is 15.1. The minimum atomic E-state index is -0.901. The van der Waals surface area contributed by atoms with Crippen LogP contribution in [-0.2, 0) is 16.1 Å². The smallest absolute Gasteiger partial charge is 0.312 e. The van der Waals surface area contributed by atoms with Gasteiger partial charge in [-0.05, 0) is 42.2 Å². The van der Waals surface area contributed by atoms with E-state index in [0.717, 1.165) is 28.0 Å². The molecule has 1 aliphatic heterocycles. The number of fused-ring (bicyclic) bond motifs is 1. The second-order valence-corrected chi connectivity index (χ2v) is 6.73. The lowest BCUT2D eigenvalue weighted by atomic mass is 9.89. The van der Waals surface area contributed by atoms with E-state index in [0.29, 0.717) is 6.54 Å². The van der Waals surface area contributed by atoms with Crippen LogP contribution in [0.25, 0.3) is 0 Å². The first-order chi connectivity index (χ1) is 12.5. The summed E-state index contributed by atoms with van der Waals surface area (Å²) in [5.41, 5.74) is 3.83. The lowest BCUT2D eigenvalue weighted by Gasteiger charge is -2.32. The molecule has 2 aromatic rings. The molecule has 26 heavy (non-hydrogen) atoms. The summed E-state index contributed by atoms with van der Waals surface area (Å²) in [4.78, 5) is 25.8. The summed E-state index contributed by atoms with van der Waals surface area (Å²) in [6.07, 6.45) is 0.224. The molecule has 5 nitrogen and oxygen atoms in total. The highest BCUT2D eigenvalue weighted by atomic mass is 16.5. The summed E-state index contributed by atoms with van der Waals surface area (Å²) in [7, 11) is 0. The molecule has 3 rings (SSSR count). The molecular formula is C21H23NO4. The molecule has 0 saturated heterocycles. The number of rotatable bonds is 5. The first kappa shape index (κ1) is 18.0. The summed E-state index contributed by atoms with van der Waals surface area (Å²) in [5.74, 6) is -0.883. The number of hydrogen-bond donors (Lipinski definition) is 1. The lowest BCUT2D eigenvalue weighted by Crippen LogP contribution is -2.41. The third-order valence-corrected chi connectivity index (χ3v) is 4.76. The van der Waals surface area contributed by atoms with Gasteiger partial charge in [0, 0.05) is 13.1 Å². The SMILES string of the molecule is Cc1ccc(C)c(OCCC(=O)N2Cc3ccccc3C(C(=O)O)C2)c1. The maximum absolute atomic E-state index is 12.6. The van der Waals surface area contributed by atoms with Crippen molar-refractivity contribution in [3.8, 4) is 5.75 Å². The Bertz CT molecular complexity index is 831. The van der Waals surface area contributed by atoms with E-state index in [1.165, 1.54) is 0 Å². The minimum Gasteiger partial charge on any atom is -0.493 e. The molecule has 136 valence electrons. The van der Waals surface area contributed by atoms with Crippen LogP contribution < -0.4 is 4.74 Å². The van der Waals surface area contributed by atoms with Crippen LogP contribution in [0.1, 0.15) is 34.6 Å². The second kappa shape index (κ2) is 7.60. The van der Waals surface area contributed by atoms with Gasteiger partial charge in [0.15, 0.2) is 0 Å². The predicted molar refractivity (Wildman–Crippen MR) is 98.3 cm³/mol. The predicted octanol–water partition coefficient (Wildman–Crippen LogP) is 3.28. The van der Waals surface area contributed by atoms with Crippen LogP contribution in [0.5, 0.6) is 5.75 Å². The fraction of sp³-hybridized carbons (Fsp3) is 0.333. The van der Waals surface area contributed by atoms with E-state index in [2.05, 4.69) is 0 Å². The summed E-state index contributed by atoms with van der Waals surface area (Å²) >= 11 is 0. The van der Waals surface area contributed by atoms with Crippen molar-refractivity contribution in [3.05, 3.63) is 64.7 Å². The highest BCUT2D eigenvalue weighted by Gasteiger charge is 2.32. The first-order valence-electron chi connectivity index (χ1n) is 8.74. The van der Waals surface area contributed by atoms with E-state index in [9.17, 15) is 14.7 Å². The van der Waals surface area contributed by atoms with Gasteiger partial charge in [-0.3, -0.25) is 9.59 Å². The second-order valence-electron chi connectivity index (χ2n) is 6.73. The van der Waals surface area contributed by atoms with E-state index in [1.807, 2.05) is 56.3 Å². The average Bonchev–Trinajstić information content (AvgIpc) is 2.63. The normalized spacial score (nSPS) is 16.1. The van der Waals surface area contributed by atoms with Crippen molar-refractivity contribution in [1.82, 2.24) is 4.90 Å². The molecule has 1 atom stereocenters. The quantitative estimate of drug-likeness (QED) is 0.896. The first-order valence-corrected chi connectivity index (χ1v) is 8.74. The zero-order chi connectivity index (χ0) is 18.7.